The summed E-state index contributed by atoms with van der Waals surface area (Å²) >= 11 is 0. The molecule has 0 amide bonds. The molecule has 1 unspecified atom stereocenters. The fraction of sp³-hybridized carbons (Fsp3) is 0.385. The van der Waals surface area contributed by atoms with Gasteiger partial charge in [0.2, 0.25) is 11.8 Å². The second kappa shape index (κ2) is 6.08. The molecule has 0 aliphatic heterocycles. The normalized spacial score (nSPS) is 12.1. The summed E-state index contributed by atoms with van der Waals surface area (Å²) in [5.41, 5.74) is 5.60. The first-order chi connectivity index (χ1) is 9.17. The molecule has 0 radical (unpaired) electrons. The van der Waals surface area contributed by atoms with Crippen LogP contribution in [0.1, 0.15) is 19.1 Å². The largest absolute Gasteiger partial charge is 0.481 e. The van der Waals surface area contributed by atoms with Crippen molar-refractivity contribution in [2.24, 2.45) is 0 Å². The van der Waals surface area contributed by atoms with E-state index in [0.717, 1.165) is 18.6 Å². The van der Waals surface area contributed by atoms with Gasteiger partial charge in [0.1, 0.15) is 11.6 Å². The first-order valence-corrected chi connectivity index (χ1v) is 6.15. The number of nitrogens with two attached hydrogens (primary N) is 1. The summed E-state index contributed by atoms with van der Waals surface area (Å²) in [6.45, 7) is 2.08. The molecule has 0 aliphatic carbocycles. The Morgan fingerprint density at radius 2 is 2.32 bits per heavy atom. The topological polar surface area (TPSA) is 86.2 Å². The number of aromatic nitrogens is 2. The van der Waals surface area contributed by atoms with E-state index in [1.807, 2.05) is 12.1 Å². The van der Waals surface area contributed by atoms with Gasteiger partial charge in [-0.15, -0.1) is 0 Å². The average molecular weight is 262 g/mol. The number of nitrogen functional groups attached to an aromatic ring is 1. The zero-order chi connectivity index (χ0) is 13.7. The van der Waals surface area contributed by atoms with Crippen molar-refractivity contribution in [2.75, 3.05) is 18.2 Å². The lowest BCUT2D eigenvalue weighted by atomic mass is 10.1. The van der Waals surface area contributed by atoms with Crippen LogP contribution < -0.4 is 15.8 Å². The Morgan fingerprint density at radius 3 is 3.00 bits per heavy atom. The number of nitrogens with zero attached hydrogens (tertiary/aromatic N) is 2. The number of rotatable bonds is 6. The Morgan fingerprint density at radius 1 is 1.47 bits per heavy atom. The average Bonchev–Trinajstić information content (AvgIpc) is 2.88. The second-order valence-electron chi connectivity index (χ2n) is 4.32. The van der Waals surface area contributed by atoms with Crippen LogP contribution >= 0.6 is 0 Å². The van der Waals surface area contributed by atoms with Gasteiger partial charge in [-0.2, -0.15) is 9.97 Å². The number of hydrogen-bond donors (Lipinski definition) is 2. The zero-order valence-electron chi connectivity index (χ0n) is 11.1. The van der Waals surface area contributed by atoms with Crippen LogP contribution in [0.4, 0.5) is 11.8 Å². The zero-order valence-corrected chi connectivity index (χ0v) is 11.1. The highest BCUT2D eigenvalue weighted by molar-refractivity contribution is 5.43. The summed E-state index contributed by atoms with van der Waals surface area (Å²) < 4.78 is 10.3. The first-order valence-electron chi connectivity index (χ1n) is 6.15. The summed E-state index contributed by atoms with van der Waals surface area (Å²) in [5, 5.41) is 3.27. The smallest absolute Gasteiger partial charge is 0.225 e. The third kappa shape index (κ3) is 3.87. The molecule has 0 fully saturated rings. The SMILES string of the molecule is COc1cc(NC(C)CCc2ccco2)nc(N)n1. The monoisotopic (exact) mass is 262 g/mol. The second-order valence-corrected chi connectivity index (χ2v) is 4.32. The predicted octanol–water partition coefficient (Wildman–Crippen LogP) is 2.09. The molecule has 2 rings (SSSR count). The highest BCUT2D eigenvalue weighted by atomic mass is 16.5. The van der Waals surface area contributed by atoms with Crippen molar-refractivity contribution in [1.82, 2.24) is 9.97 Å². The Kier molecular flexibility index (Phi) is 4.22. The molecule has 2 heterocycles. The highest BCUT2D eigenvalue weighted by Gasteiger charge is 2.07. The molecule has 0 bridgehead atoms. The highest BCUT2D eigenvalue weighted by Crippen LogP contribution is 2.16. The van der Waals surface area contributed by atoms with Gasteiger partial charge < -0.3 is 20.2 Å². The number of hydrogen-bond acceptors (Lipinski definition) is 6. The maximum Gasteiger partial charge on any atom is 0.225 e. The van der Waals surface area contributed by atoms with E-state index in [0.29, 0.717) is 11.7 Å². The number of anilines is 2. The number of ether oxygens (including phenoxy) is 1. The van der Waals surface area contributed by atoms with Gasteiger partial charge in [-0.1, -0.05) is 0 Å². The summed E-state index contributed by atoms with van der Waals surface area (Å²) in [6, 6.07) is 5.82. The van der Waals surface area contributed by atoms with Gasteiger partial charge in [-0.05, 0) is 25.5 Å². The standard InChI is InChI=1S/C13H18N4O2/c1-9(5-6-10-4-3-7-19-10)15-11-8-12(18-2)17-13(14)16-11/h3-4,7-9H,5-6H2,1-2H3,(H3,14,15,16,17). The van der Waals surface area contributed by atoms with Crippen LogP contribution in [0.3, 0.4) is 0 Å². The molecule has 0 saturated heterocycles. The Bertz CT molecular complexity index is 513. The first kappa shape index (κ1) is 13.2. The minimum Gasteiger partial charge on any atom is -0.481 e. The van der Waals surface area contributed by atoms with Crippen molar-refractivity contribution < 1.29 is 9.15 Å². The fourth-order valence-electron chi connectivity index (χ4n) is 1.76. The summed E-state index contributed by atoms with van der Waals surface area (Å²) in [4.78, 5) is 8.05. The molecular weight excluding hydrogens is 244 g/mol. The summed E-state index contributed by atoms with van der Waals surface area (Å²) in [7, 11) is 1.55. The van der Waals surface area contributed by atoms with Gasteiger partial charge in [0.05, 0.1) is 13.4 Å². The maximum absolute atomic E-state index is 5.60. The lowest BCUT2D eigenvalue weighted by Gasteiger charge is -2.14. The van der Waals surface area contributed by atoms with E-state index in [1.165, 1.54) is 0 Å². The van der Waals surface area contributed by atoms with Gasteiger partial charge in [0.25, 0.3) is 0 Å². The molecule has 2 aromatic heterocycles. The number of methoxy groups -OCH3 is 1. The van der Waals surface area contributed by atoms with E-state index in [-0.39, 0.29) is 12.0 Å². The van der Waals surface area contributed by atoms with Crippen LogP contribution in [0.15, 0.2) is 28.9 Å². The Balaban J connectivity index is 1.91. The molecule has 102 valence electrons. The van der Waals surface area contributed by atoms with Gasteiger partial charge >= 0.3 is 0 Å². The van der Waals surface area contributed by atoms with Crippen LogP contribution in [-0.2, 0) is 6.42 Å². The van der Waals surface area contributed by atoms with Crippen molar-refractivity contribution in [3.05, 3.63) is 30.2 Å². The van der Waals surface area contributed by atoms with Crippen molar-refractivity contribution in [3.8, 4) is 5.88 Å². The fourth-order valence-corrected chi connectivity index (χ4v) is 1.76. The number of nitrogens with one attached hydrogen (secondary N) is 1. The van der Waals surface area contributed by atoms with Crippen LogP contribution in [-0.4, -0.2) is 23.1 Å². The molecule has 3 N–H and O–H groups in total. The minimum absolute atomic E-state index is 0.195. The van der Waals surface area contributed by atoms with Crippen molar-refractivity contribution >= 4 is 11.8 Å². The van der Waals surface area contributed by atoms with Gasteiger partial charge in [0.15, 0.2) is 0 Å². The van der Waals surface area contributed by atoms with Crippen LogP contribution in [0.2, 0.25) is 0 Å². The molecule has 6 heteroatoms. The Hall–Kier alpha value is -2.24. The number of aryl methyl sites for hydroxylation is 1. The van der Waals surface area contributed by atoms with Crippen LogP contribution in [0, 0.1) is 0 Å². The molecular formula is C13H18N4O2. The van der Waals surface area contributed by atoms with Gasteiger partial charge in [0, 0.05) is 18.5 Å². The molecule has 0 aliphatic rings. The van der Waals surface area contributed by atoms with E-state index >= 15 is 0 Å². The van der Waals surface area contributed by atoms with E-state index in [1.54, 1.807) is 19.4 Å². The van der Waals surface area contributed by atoms with E-state index in [4.69, 9.17) is 14.9 Å². The molecule has 19 heavy (non-hydrogen) atoms. The van der Waals surface area contributed by atoms with Crippen molar-refractivity contribution in [3.63, 3.8) is 0 Å². The molecule has 1 atom stereocenters. The van der Waals surface area contributed by atoms with Crippen LogP contribution in [0.25, 0.3) is 0 Å². The maximum atomic E-state index is 5.60. The molecule has 6 nitrogen and oxygen atoms in total. The lowest BCUT2D eigenvalue weighted by Crippen LogP contribution is -2.17. The Labute approximate surface area is 112 Å². The third-order valence-corrected chi connectivity index (χ3v) is 2.73. The van der Waals surface area contributed by atoms with Crippen LogP contribution in [0.5, 0.6) is 5.88 Å². The number of furan rings is 1. The molecule has 2 aromatic rings. The van der Waals surface area contributed by atoms with E-state index in [9.17, 15) is 0 Å². The minimum atomic E-state index is 0.195. The van der Waals surface area contributed by atoms with Gasteiger partial charge in [-0.25, -0.2) is 0 Å². The third-order valence-electron chi connectivity index (χ3n) is 2.73. The summed E-state index contributed by atoms with van der Waals surface area (Å²) in [5.74, 6) is 2.29. The predicted molar refractivity (Wildman–Crippen MR) is 73.1 cm³/mol. The van der Waals surface area contributed by atoms with Crippen molar-refractivity contribution in [1.29, 1.82) is 0 Å². The molecule has 0 saturated carbocycles. The molecule has 0 spiro atoms. The molecule has 0 aromatic carbocycles. The summed E-state index contributed by atoms with van der Waals surface area (Å²) in [6.07, 6.45) is 3.49. The van der Waals surface area contributed by atoms with E-state index < -0.39 is 0 Å². The van der Waals surface area contributed by atoms with E-state index in [2.05, 4.69) is 22.2 Å². The quantitative estimate of drug-likeness (QED) is 0.829. The van der Waals surface area contributed by atoms with Crippen molar-refractivity contribution in [2.45, 2.75) is 25.8 Å². The van der Waals surface area contributed by atoms with Gasteiger partial charge in [-0.3, -0.25) is 0 Å². The lowest BCUT2D eigenvalue weighted by molar-refractivity contribution is 0.398.